The second-order valence-electron chi connectivity index (χ2n) is 3.85. The number of carbonyl (C=O) groups excluding carboxylic acids is 1. The van der Waals surface area contributed by atoms with Crippen LogP contribution in [0.5, 0.6) is 0 Å². The van der Waals surface area contributed by atoms with Crippen LogP contribution < -0.4 is 4.72 Å². The van der Waals surface area contributed by atoms with Crippen molar-refractivity contribution >= 4 is 44.9 Å². The maximum Gasteiger partial charge on any atom is 0.305 e. The summed E-state index contributed by atoms with van der Waals surface area (Å²) in [5.41, 5.74) is 0.0551. The van der Waals surface area contributed by atoms with E-state index in [-0.39, 0.29) is 34.3 Å². The Labute approximate surface area is 126 Å². The van der Waals surface area contributed by atoms with Crippen molar-refractivity contribution in [2.75, 3.05) is 17.6 Å². The number of methoxy groups -OCH3 is 1. The van der Waals surface area contributed by atoms with Crippen LogP contribution in [0.3, 0.4) is 0 Å². The summed E-state index contributed by atoms with van der Waals surface area (Å²) in [5, 5.41) is -0.575. The third-order valence-corrected chi connectivity index (χ3v) is 4.20. The molecule has 1 N–H and O–H groups in total. The molecule has 0 fully saturated rings. The third kappa shape index (κ3) is 5.15. The van der Waals surface area contributed by atoms with E-state index in [1.165, 1.54) is 7.11 Å². The van der Waals surface area contributed by atoms with Gasteiger partial charge in [-0.15, -0.1) is 0 Å². The van der Waals surface area contributed by atoms with Crippen LogP contribution in [0.2, 0.25) is 10.0 Å². The Morgan fingerprint density at radius 3 is 2.40 bits per heavy atom. The van der Waals surface area contributed by atoms with Crippen molar-refractivity contribution in [2.45, 2.75) is 12.8 Å². The monoisotopic (exact) mass is 343 g/mol. The lowest BCUT2D eigenvalue weighted by Crippen LogP contribution is -2.17. The third-order valence-electron chi connectivity index (χ3n) is 2.28. The molecule has 0 atom stereocenters. The summed E-state index contributed by atoms with van der Waals surface area (Å²) >= 11 is 11.1. The van der Waals surface area contributed by atoms with Crippen LogP contribution >= 0.6 is 23.2 Å². The van der Waals surface area contributed by atoms with E-state index < -0.39 is 21.8 Å². The highest BCUT2D eigenvalue weighted by molar-refractivity contribution is 7.92. The first-order valence-corrected chi connectivity index (χ1v) is 7.88. The molecule has 1 rings (SSSR count). The largest absolute Gasteiger partial charge is 0.469 e. The van der Waals surface area contributed by atoms with Gasteiger partial charge in [0.1, 0.15) is 0 Å². The molecule has 0 radical (unpaired) electrons. The Kier molecular flexibility index (Phi) is 6.04. The molecule has 0 aliphatic rings. The average Bonchev–Trinajstić information content (AvgIpc) is 2.34. The van der Waals surface area contributed by atoms with Gasteiger partial charge >= 0.3 is 5.97 Å². The summed E-state index contributed by atoms with van der Waals surface area (Å²) in [6.07, 6.45) is 0.0903. The molecule has 0 spiro atoms. The molecule has 1 aromatic carbocycles. The van der Waals surface area contributed by atoms with Gasteiger partial charge in [-0.05, 0) is 18.6 Å². The summed E-state index contributed by atoms with van der Waals surface area (Å²) in [4.78, 5) is 10.9. The lowest BCUT2D eigenvalue weighted by Gasteiger charge is -2.09. The van der Waals surface area contributed by atoms with Crippen molar-refractivity contribution in [3.8, 4) is 0 Å². The number of esters is 1. The van der Waals surface area contributed by atoms with Crippen LogP contribution in [0.4, 0.5) is 10.1 Å². The molecule has 9 heteroatoms. The zero-order chi connectivity index (χ0) is 15.3. The molecule has 0 unspecified atom stereocenters. The maximum atomic E-state index is 13.2. The second-order valence-corrected chi connectivity index (χ2v) is 6.51. The fourth-order valence-electron chi connectivity index (χ4n) is 1.35. The molecule has 1 aromatic rings. The topological polar surface area (TPSA) is 72.5 Å². The summed E-state index contributed by atoms with van der Waals surface area (Å²) in [7, 11) is -2.46. The van der Waals surface area contributed by atoms with E-state index in [0.29, 0.717) is 0 Å². The van der Waals surface area contributed by atoms with Crippen LogP contribution in [-0.2, 0) is 19.6 Å². The molecule has 0 heterocycles. The van der Waals surface area contributed by atoms with Crippen LogP contribution in [0, 0.1) is 5.82 Å². The van der Waals surface area contributed by atoms with Gasteiger partial charge in [-0.1, -0.05) is 23.2 Å². The molecule has 0 amide bonds. The lowest BCUT2D eigenvalue weighted by atomic mass is 10.3. The highest BCUT2D eigenvalue weighted by Gasteiger charge is 2.14. The van der Waals surface area contributed by atoms with Crippen molar-refractivity contribution in [2.24, 2.45) is 0 Å². The minimum Gasteiger partial charge on any atom is -0.469 e. The lowest BCUT2D eigenvalue weighted by molar-refractivity contribution is -0.140. The maximum absolute atomic E-state index is 13.2. The van der Waals surface area contributed by atoms with Crippen LogP contribution in [0.1, 0.15) is 12.8 Å². The average molecular weight is 344 g/mol. The first-order valence-electron chi connectivity index (χ1n) is 5.47. The minimum absolute atomic E-state index is 0.0116. The molecule has 0 saturated heterocycles. The van der Waals surface area contributed by atoms with Gasteiger partial charge in [0.15, 0.2) is 5.82 Å². The van der Waals surface area contributed by atoms with E-state index in [1.54, 1.807) is 0 Å². The first kappa shape index (κ1) is 17.0. The van der Waals surface area contributed by atoms with E-state index in [1.807, 2.05) is 0 Å². The number of anilines is 1. The van der Waals surface area contributed by atoms with Crippen molar-refractivity contribution in [3.63, 3.8) is 0 Å². The normalized spacial score (nSPS) is 11.2. The second kappa shape index (κ2) is 7.10. The molecule has 0 aliphatic heterocycles. The first-order chi connectivity index (χ1) is 9.25. The standard InChI is InChI=1S/C11H12Cl2FNO4S/c1-19-10(16)3-2-4-20(17,18)15-7-5-8(12)11(14)9(13)6-7/h5-6,15H,2-4H2,1H3. The number of ether oxygens (including phenoxy) is 1. The summed E-state index contributed by atoms with van der Waals surface area (Å²) < 4.78 is 43.3. The van der Waals surface area contributed by atoms with Crippen LogP contribution in [-0.4, -0.2) is 27.2 Å². The molecular weight excluding hydrogens is 332 g/mol. The zero-order valence-electron chi connectivity index (χ0n) is 10.5. The predicted molar refractivity (Wildman–Crippen MR) is 75.1 cm³/mol. The summed E-state index contributed by atoms with van der Waals surface area (Å²) in [5.74, 6) is -1.59. The number of carbonyl (C=O) groups is 1. The summed E-state index contributed by atoms with van der Waals surface area (Å²) in [6, 6.07) is 2.22. The van der Waals surface area contributed by atoms with Crippen molar-refractivity contribution in [3.05, 3.63) is 28.0 Å². The molecular formula is C11H12Cl2FNO4S. The molecule has 0 bridgehead atoms. The zero-order valence-corrected chi connectivity index (χ0v) is 12.8. The van der Waals surface area contributed by atoms with Gasteiger partial charge in [-0.2, -0.15) is 0 Å². The van der Waals surface area contributed by atoms with Crippen molar-refractivity contribution in [1.82, 2.24) is 0 Å². The smallest absolute Gasteiger partial charge is 0.305 e. The molecule has 5 nitrogen and oxygen atoms in total. The highest BCUT2D eigenvalue weighted by Crippen LogP contribution is 2.27. The number of sulfonamides is 1. The molecule has 0 aliphatic carbocycles. The van der Waals surface area contributed by atoms with E-state index in [2.05, 4.69) is 9.46 Å². The van der Waals surface area contributed by atoms with Gasteiger partial charge in [0.25, 0.3) is 0 Å². The van der Waals surface area contributed by atoms with Gasteiger partial charge in [-0.25, -0.2) is 12.8 Å². The van der Waals surface area contributed by atoms with Crippen LogP contribution in [0.25, 0.3) is 0 Å². The van der Waals surface area contributed by atoms with Gasteiger partial charge in [-0.3, -0.25) is 9.52 Å². The number of hydrogen-bond donors (Lipinski definition) is 1. The Balaban J connectivity index is 2.69. The van der Waals surface area contributed by atoms with E-state index in [9.17, 15) is 17.6 Å². The molecule has 0 aromatic heterocycles. The molecule has 112 valence electrons. The fraction of sp³-hybridized carbons (Fsp3) is 0.364. The van der Waals surface area contributed by atoms with E-state index >= 15 is 0 Å². The van der Waals surface area contributed by atoms with E-state index in [4.69, 9.17) is 23.2 Å². The van der Waals surface area contributed by atoms with Gasteiger partial charge in [0, 0.05) is 6.42 Å². The Morgan fingerprint density at radius 2 is 1.90 bits per heavy atom. The van der Waals surface area contributed by atoms with Crippen molar-refractivity contribution in [1.29, 1.82) is 0 Å². The van der Waals surface area contributed by atoms with Gasteiger partial charge in [0.2, 0.25) is 10.0 Å². The number of rotatable bonds is 6. The molecule has 0 saturated carbocycles. The van der Waals surface area contributed by atoms with Gasteiger partial charge in [0.05, 0.1) is 28.6 Å². The quantitative estimate of drug-likeness (QED) is 0.636. The Hall–Kier alpha value is -1.05. The predicted octanol–water partition coefficient (Wildman–Crippen LogP) is 2.83. The number of hydrogen-bond acceptors (Lipinski definition) is 4. The number of benzene rings is 1. The number of nitrogens with one attached hydrogen (secondary N) is 1. The summed E-state index contributed by atoms with van der Waals surface area (Å²) in [6.45, 7) is 0. The van der Waals surface area contributed by atoms with Gasteiger partial charge < -0.3 is 4.74 Å². The number of halogens is 3. The Morgan fingerprint density at radius 1 is 1.35 bits per heavy atom. The molecule has 20 heavy (non-hydrogen) atoms. The highest BCUT2D eigenvalue weighted by atomic mass is 35.5. The Bertz CT molecular complexity index is 583. The van der Waals surface area contributed by atoms with E-state index in [0.717, 1.165) is 12.1 Å². The van der Waals surface area contributed by atoms with Crippen LogP contribution in [0.15, 0.2) is 12.1 Å². The minimum atomic E-state index is -3.68. The SMILES string of the molecule is COC(=O)CCCS(=O)(=O)Nc1cc(Cl)c(F)c(Cl)c1. The van der Waals surface area contributed by atoms with Crippen molar-refractivity contribution < 1.29 is 22.3 Å². The fourth-order valence-corrected chi connectivity index (χ4v) is 2.94.